The van der Waals surface area contributed by atoms with Gasteiger partial charge >= 0.3 is 0 Å². The Bertz CT molecular complexity index is 437. The summed E-state index contributed by atoms with van der Waals surface area (Å²) in [6.45, 7) is 6.15. The van der Waals surface area contributed by atoms with Crippen LogP contribution in [-0.2, 0) is 6.54 Å². The minimum atomic E-state index is 0.00821. The van der Waals surface area contributed by atoms with E-state index in [4.69, 9.17) is 5.73 Å². The van der Waals surface area contributed by atoms with Crippen molar-refractivity contribution >= 4 is 5.91 Å². The maximum atomic E-state index is 12.7. The van der Waals surface area contributed by atoms with Crippen LogP contribution in [0.5, 0.6) is 0 Å². The number of hydrogen-bond acceptors (Lipinski definition) is 4. The van der Waals surface area contributed by atoms with Crippen LogP contribution in [0.2, 0.25) is 0 Å². The summed E-state index contributed by atoms with van der Waals surface area (Å²) in [7, 11) is 0. The maximum absolute atomic E-state index is 12.7. The highest BCUT2D eigenvalue weighted by Crippen LogP contribution is 2.25. The second-order valence-electron chi connectivity index (χ2n) is 5.95. The Hall–Kier alpha value is -1.43. The van der Waals surface area contributed by atoms with Crippen LogP contribution in [0.15, 0.2) is 6.20 Å². The first-order valence-corrected chi connectivity index (χ1v) is 7.53. The topological polar surface area (TPSA) is 77.0 Å². The lowest BCUT2D eigenvalue weighted by Gasteiger charge is -2.29. The predicted molar refractivity (Wildman–Crippen MR) is 77.2 cm³/mol. The van der Waals surface area contributed by atoms with E-state index in [1.165, 1.54) is 12.8 Å². The fourth-order valence-electron chi connectivity index (χ4n) is 2.79. The lowest BCUT2D eigenvalue weighted by atomic mass is 10.1. The summed E-state index contributed by atoms with van der Waals surface area (Å²) >= 11 is 0. The molecular formula is C14H25N5O. The highest BCUT2D eigenvalue weighted by molar-refractivity contribution is 5.92. The van der Waals surface area contributed by atoms with E-state index in [2.05, 4.69) is 24.2 Å². The van der Waals surface area contributed by atoms with E-state index in [9.17, 15) is 4.79 Å². The van der Waals surface area contributed by atoms with E-state index in [-0.39, 0.29) is 5.91 Å². The summed E-state index contributed by atoms with van der Waals surface area (Å²) in [6, 6.07) is 0.365. The van der Waals surface area contributed by atoms with Crippen molar-refractivity contribution in [2.45, 2.75) is 52.1 Å². The van der Waals surface area contributed by atoms with Gasteiger partial charge in [0, 0.05) is 19.1 Å². The van der Waals surface area contributed by atoms with Gasteiger partial charge in [0.1, 0.15) is 0 Å². The summed E-state index contributed by atoms with van der Waals surface area (Å²) in [6.07, 6.45) is 6.35. The van der Waals surface area contributed by atoms with Crippen LogP contribution in [-0.4, -0.2) is 44.9 Å². The number of carbonyl (C=O) groups is 1. The maximum Gasteiger partial charge on any atom is 0.276 e. The number of hydrogen-bond donors (Lipinski definition) is 1. The van der Waals surface area contributed by atoms with Crippen molar-refractivity contribution in [2.75, 3.05) is 13.1 Å². The normalized spacial score (nSPS) is 16.0. The van der Waals surface area contributed by atoms with Gasteiger partial charge in [-0.1, -0.05) is 31.9 Å². The van der Waals surface area contributed by atoms with Crippen LogP contribution in [0.3, 0.4) is 0 Å². The van der Waals surface area contributed by atoms with E-state index >= 15 is 0 Å². The summed E-state index contributed by atoms with van der Waals surface area (Å²) in [5, 5.41) is 7.95. The molecule has 0 aromatic carbocycles. The van der Waals surface area contributed by atoms with Crippen molar-refractivity contribution in [1.82, 2.24) is 19.9 Å². The van der Waals surface area contributed by atoms with Gasteiger partial charge in [-0.05, 0) is 18.8 Å². The summed E-state index contributed by atoms with van der Waals surface area (Å²) in [5.41, 5.74) is 5.92. The molecule has 6 nitrogen and oxygen atoms in total. The van der Waals surface area contributed by atoms with E-state index in [1.807, 2.05) is 4.90 Å². The van der Waals surface area contributed by atoms with Gasteiger partial charge < -0.3 is 10.6 Å². The van der Waals surface area contributed by atoms with Gasteiger partial charge in [-0.2, -0.15) is 0 Å². The second-order valence-corrected chi connectivity index (χ2v) is 5.95. The van der Waals surface area contributed by atoms with Crippen molar-refractivity contribution in [1.29, 1.82) is 0 Å². The zero-order valence-corrected chi connectivity index (χ0v) is 12.5. The van der Waals surface area contributed by atoms with Crippen LogP contribution in [0.1, 0.15) is 50.0 Å². The Morgan fingerprint density at radius 2 is 2.20 bits per heavy atom. The van der Waals surface area contributed by atoms with E-state index < -0.39 is 0 Å². The fraction of sp³-hybridized carbons (Fsp3) is 0.786. The van der Waals surface area contributed by atoms with Crippen LogP contribution in [0.25, 0.3) is 0 Å². The van der Waals surface area contributed by atoms with Gasteiger partial charge in [0.2, 0.25) is 0 Å². The third-order valence-corrected chi connectivity index (χ3v) is 3.70. The van der Waals surface area contributed by atoms with Gasteiger partial charge in [0.05, 0.1) is 12.7 Å². The van der Waals surface area contributed by atoms with Crippen molar-refractivity contribution in [2.24, 2.45) is 11.7 Å². The number of amides is 1. The molecule has 0 radical (unpaired) electrons. The smallest absolute Gasteiger partial charge is 0.276 e. The van der Waals surface area contributed by atoms with Crippen molar-refractivity contribution in [3.05, 3.63) is 11.9 Å². The van der Waals surface area contributed by atoms with E-state index in [0.717, 1.165) is 19.4 Å². The molecule has 2 rings (SSSR count). The molecule has 0 unspecified atom stereocenters. The number of nitrogens with two attached hydrogens (primary N) is 1. The number of nitrogens with zero attached hydrogens (tertiary/aromatic N) is 4. The third-order valence-electron chi connectivity index (χ3n) is 3.70. The average Bonchev–Trinajstić information content (AvgIpc) is 3.06. The molecule has 0 spiro atoms. The van der Waals surface area contributed by atoms with E-state index in [1.54, 1.807) is 10.9 Å². The average molecular weight is 279 g/mol. The third kappa shape index (κ3) is 3.56. The molecule has 112 valence electrons. The highest BCUT2D eigenvalue weighted by Gasteiger charge is 2.29. The van der Waals surface area contributed by atoms with Crippen molar-refractivity contribution in [3.8, 4) is 0 Å². The molecule has 1 aliphatic rings. The quantitative estimate of drug-likeness (QED) is 0.851. The minimum absolute atomic E-state index is 0.00821. The molecule has 0 bridgehead atoms. The molecule has 0 aliphatic heterocycles. The lowest BCUT2D eigenvalue weighted by molar-refractivity contribution is 0.0649. The SMILES string of the molecule is CC(C)CN(C(=O)c1cn(CCN)nn1)C1CCCC1. The Labute approximate surface area is 120 Å². The van der Waals surface area contributed by atoms with Crippen LogP contribution < -0.4 is 5.73 Å². The highest BCUT2D eigenvalue weighted by atomic mass is 16.2. The van der Waals surface area contributed by atoms with Gasteiger partial charge in [-0.3, -0.25) is 9.48 Å². The summed E-state index contributed by atoms with van der Waals surface area (Å²) in [4.78, 5) is 14.7. The van der Waals surface area contributed by atoms with Gasteiger partial charge in [-0.25, -0.2) is 0 Å². The number of aromatic nitrogens is 3. The molecule has 6 heteroatoms. The van der Waals surface area contributed by atoms with E-state index in [0.29, 0.717) is 30.7 Å². The molecule has 0 atom stereocenters. The number of carbonyl (C=O) groups excluding carboxylic acids is 1. The fourth-order valence-corrected chi connectivity index (χ4v) is 2.79. The molecule has 2 N–H and O–H groups in total. The van der Waals surface area contributed by atoms with Crippen LogP contribution >= 0.6 is 0 Å². The first-order chi connectivity index (χ1) is 9.61. The standard InChI is InChI=1S/C14H25N5O/c1-11(2)9-19(12-5-3-4-6-12)14(20)13-10-18(8-7-15)17-16-13/h10-12H,3-9,15H2,1-2H3. The van der Waals surface area contributed by atoms with Crippen molar-refractivity contribution < 1.29 is 4.79 Å². The molecule has 0 saturated heterocycles. The zero-order valence-electron chi connectivity index (χ0n) is 12.5. The Morgan fingerprint density at radius 3 is 2.80 bits per heavy atom. The molecule has 20 heavy (non-hydrogen) atoms. The van der Waals surface area contributed by atoms with Crippen molar-refractivity contribution in [3.63, 3.8) is 0 Å². The molecular weight excluding hydrogens is 254 g/mol. The van der Waals surface area contributed by atoms with Gasteiger partial charge in [0.15, 0.2) is 5.69 Å². The molecule has 1 heterocycles. The molecule has 1 aromatic heterocycles. The van der Waals surface area contributed by atoms with Gasteiger partial charge in [0.25, 0.3) is 5.91 Å². The Balaban J connectivity index is 2.11. The monoisotopic (exact) mass is 279 g/mol. The molecule has 1 fully saturated rings. The first kappa shape index (κ1) is 15.0. The molecule has 1 amide bonds. The minimum Gasteiger partial charge on any atom is -0.334 e. The molecule has 1 aliphatic carbocycles. The summed E-state index contributed by atoms with van der Waals surface area (Å²) < 4.78 is 1.63. The number of rotatable bonds is 6. The predicted octanol–water partition coefficient (Wildman–Crippen LogP) is 1.28. The lowest BCUT2D eigenvalue weighted by Crippen LogP contribution is -2.41. The Kier molecular flexibility index (Phi) is 5.11. The van der Waals surface area contributed by atoms with Gasteiger partial charge in [-0.15, -0.1) is 5.10 Å². The first-order valence-electron chi connectivity index (χ1n) is 7.53. The molecule has 1 saturated carbocycles. The van der Waals surface area contributed by atoms with Crippen LogP contribution in [0, 0.1) is 5.92 Å². The Morgan fingerprint density at radius 1 is 1.50 bits per heavy atom. The molecule has 1 aromatic rings. The zero-order chi connectivity index (χ0) is 14.5. The second kappa shape index (κ2) is 6.83. The summed E-state index contributed by atoms with van der Waals surface area (Å²) in [5.74, 6) is 0.465. The van der Waals surface area contributed by atoms with Crippen LogP contribution in [0.4, 0.5) is 0 Å². The largest absolute Gasteiger partial charge is 0.334 e.